The largest absolute Gasteiger partial charge is 0.340 e. The Morgan fingerprint density at radius 1 is 1.00 bits per heavy atom. The number of hydrogen-bond acceptors (Lipinski definition) is 4. The Morgan fingerprint density at radius 3 is 1.96 bits per heavy atom. The second kappa shape index (κ2) is 7.07. The van der Waals surface area contributed by atoms with E-state index in [9.17, 15) is 13.2 Å². The zero-order valence-corrected chi connectivity index (χ0v) is 15.7. The second-order valence-electron chi connectivity index (χ2n) is 8.10. The number of sulfonamides is 1. The molecule has 0 radical (unpaired) electrons. The molecular weight excluding hydrogens is 314 g/mol. The van der Waals surface area contributed by atoms with E-state index in [-0.39, 0.29) is 17.2 Å². The highest BCUT2D eigenvalue weighted by molar-refractivity contribution is 7.88. The summed E-state index contributed by atoms with van der Waals surface area (Å²) in [7, 11) is -3.12. The van der Waals surface area contributed by atoms with Crippen molar-refractivity contribution in [3.05, 3.63) is 0 Å². The van der Waals surface area contributed by atoms with Gasteiger partial charge in [0.15, 0.2) is 0 Å². The van der Waals surface area contributed by atoms with Crippen LogP contribution in [0, 0.1) is 11.3 Å². The lowest BCUT2D eigenvalue weighted by Crippen LogP contribution is -2.53. The summed E-state index contributed by atoms with van der Waals surface area (Å²) in [5.41, 5.74) is 0.282. The lowest BCUT2D eigenvalue weighted by molar-refractivity contribution is -0.138. The van der Waals surface area contributed by atoms with Crippen LogP contribution in [0.2, 0.25) is 0 Å². The van der Waals surface area contributed by atoms with Gasteiger partial charge in [-0.15, -0.1) is 0 Å². The molecule has 7 heteroatoms. The summed E-state index contributed by atoms with van der Waals surface area (Å²) in [6.07, 6.45) is 2.53. The van der Waals surface area contributed by atoms with E-state index >= 15 is 0 Å². The molecule has 0 aromatic heterocycles. The normalized spacial score (nSPS) is 23.2. The molecule has 23 heavy (non-hydrogen) atoms. The predicted molar refractivity (Wildman–Crippen MR) is 91.6 cm³/mol. The Bertz CT molecular complexity index is 511. The van der Waals surface area contributed by atoms with Crippen molar-refractivity contribution >= 4 is 15.9 Å². The Hall–Kier alpha value is -0.660. The van der Waals surface area contributed by atoms with Crippen molar-refractivity contribution in [1.82, 2.24) is 14.1 Å². The summed E-state index contributed by atoms with van der Waals surface area (Å²) in [4.78, 5) is 17.0. The number of rotatable bonds is 3. The van der Waals surface area contributed by atoms with Gasteiger partial charge >= 0.3 is 0 Å². The first kappa shape index (κ1) is 18.7. The minimum Gasteiger partial charge on any atom is -0.340 e. The van der Waals surface area contributed by atoms with Gasteiger partial charge in [0.2, 0.25) is 15.9 Å². The molecule has 2 heterocycles. The van der Waals surface area contributed by atoms with Crippen molar-refractivity contribution in [2.75, 3.05) is 52.1 Å². The van der Waals surface area contributed by atoms with E-state index in [0.29, 0.717) is 25.9 Å². The molecular formula is C16H31N3O3S. The number of amides is 1. The molecule has 0 spiro atoms. The molecule has 6 nitrogen and oxygen atoms in total. The maximum atomic E-state index is 12.6. The monoisotopic (exact) mass is 345 g/mol. The molecule has 2 aliphatic heterocycles. The summed E-state index contributed by atoms with van der Waals surface area (Å²) < 4.78 is 24.6. The highest BCUT2D eigenvalue weighted by Crippen LogP contribution is 2.23. The SMILES string of the molecule is CC(C)(C)CN1CCN(C(=O)C2CCN(S(C)(=O)=O)CC2)CC1. The van der Waals surface area contributed by atoms with E-state index in [2.05, 4.69) is 25.7 Å². The predicted octanol–water partition coefficient (Wildman–Crippen LogP) is 0.848. The molecule has 0 unspecified atom stereocenters. The Morgan fingerprint density at radius 2 is 1.52 bits per heavy atom. The third kappa shape index (κ3) is 5.43. The Balaban J connectivity index is 1.80. The number of piperidine rings is 1. The topological polar surface area (TPSA) is 60.9 Å². The van der Waals surface area contributed by atoms with Gasteiger partial charge in [-0.2, -0.15) is 0 Å². The number of piperazine rings is 1. The lowest BCUT2D eigenvalue weighted by atomic mass is 9.95. The van der Waals surface area contributed by atoms with E-state index in [4.69, 9.17) is 0 Å². The summed E-state index contributed by atoms with van der Waals surface area (Å²) >= 11 is 0. The van der Waals surface area contributed by atoms with E-state index in [1.165, 1.54) is 10.6 Å². The molecule has 0 aromatic carbocycles. The minimum absolute atomic E-state index is 0.0119. The van der Waals surface area contributed by atoms with Crippen LogP contribution in [0.15, 0.2) is 0 Å². The van der Waals surface area contributed by atoms with Crippen LogP contribution in [-0.2, 0) is 14.8 Å². The molecule has 0 bridgehead atoms. The summed E-state index contributed by atoms with van der Waals surface area (Å²) in [5, 5.41) is 0. The number of hydrogen-bond donors (Lipinski definition) is 0. The van der Waals surface area contributed by atoms with Gasteiger partial charge in [-0.05, 0) is 18.3 Å². The fourth-order valence-corrected chi connectivity index (χ4v) is 4.36. The van der Waals surface area contributed by atoms with Gasteiger partial charge in [0.05, 0.1) is 6.26 Å². The van der Waals surface area contributed by atoms with Gasteiger partial charge in [0.1, 0.15) is 0 Å². The van der Waals surface area contributed by atoms with Gasteiger partial charge < -0.3 is 4.90 Å². The van der Waals surface area contributed by atoms with Crippen LogP contribution >= 0.6 is 0 Å². The third-order valence-corrected chi connectivity index (χ3v) is 5.96. The van der Waals surface area contributed by atoms with Crippen LogP contribution in [0.3, 0.4) is 0 Å². The molecule has 0 N–H and O–H groups in total. The molecule has 2 rings (SSSR count). The van der Waals surface area contributed by atoms with Crippen molar-refractivity contribution in [3.8, 4) is 0 Å². The van der Waals surface area contributed by atoms with Crippen molar-refractivity contribution in [2.24, 2.45) is 11.3 Å². The fraction of sp³-hybridized carbons (Fsp3) is 0.938. The van der Waals surface area contributed by atoms with Crippen LogP contribution in [0.4, 0.5) is 0 Å². The summed E-state index contributed by atoms with van der Waals surface area (Å²) in [6, 6.07) is 0. The van der Waals surface area contributed by atoms with E-state index in [0.717, 1.165) is 32.7 Å². The van der Waals surface area contributed by atoms with E-state index in [1.807, 2.05) is 4.90 Å². The van der Waals surface area contributed by atoms with E-state index < -0.39 is 10.0 Å². The molecule has 0 atom stereocenters. The van der Waals surface area contributed by atoms with Crippen molar-refractivity contribution in [1.29, 1.82) is 0 Å². The number of nitrogens with zero attached hydrogens (tertiary/aromatic N) is 3. The number of carbonyl (C=O) groups is 1. The Kier molecular flexibility index (Phi) is 5.74. The lowest BCUT2D eigenvalue weighted by Gasteiger charge is -2.40. The fourth-order valence-electron chi connectivity index (χ4n) is 3.49. The molecule has 0 saturated carbocycles. The van der Waals surface area contributed by atoms with Gasteiger partial charge in [0, 0.05) is 51.7 Å². The molecule has 0 aliphatic carbocycles. The second-order valence-corrected chi connectivity index (χ2v) is 10.1. The summed E-state index contributed by atoms with van der Waals surface area (Å²) in [5.74, 6) is 0.204. The van der Waals surface area contributed by atoms with Gasteiger partial charge in [0.25, 0.3) is 0 Å². The highest BCUT2D eigenvalue weighted by atomic mass is 32.2. The minimum atomic E-state index is -3.12. The van der Waals surface area contributed by atoms with Crippen molar-refractivity contribution in [3.63, 3.8) is 0 Å². The van der Waals surface area contributed by atoms with Crippen molar-refractivity contribution in [2.45, 2.75) is 33.6 Å². The van der Waals surface area contributed by atoms with Crippen LogP contribution in [0.5, 0.6) is 0 Å². The van der Waals surface area contributed by atoms with Gasteiger partial charge in [-0.1, -0.05) is 20.8 Å². The van der Waals surface area contributed by atoms with E-state index in [1.54, 1.807) is 0 Å². The van der Waals surface area contributed by atoms with Crippen LogP contribution < -0.4 is 0 Å². The van der Waals surface area contributed by atoms with Crippen LogP contribution in [0.25, 0.3) is 0 Å². The zero-order valence-electron chi connectivity index (χ0n) is 14.9. The molecule has 1 amide bonds. The molecule has 0 aromatic rings. The van der Waals surface area contributed by atoms with Crippen molar-refractivity contribution < 1.29 is 13.2 Å². The molecule has 2 fully saturated rings. The quantitative estimate of drug-likeness (QED) is 0.761. The molecule has 2 aliphatic rings. The first-order chi connectivity index (χ1) is 10.6. The van der Waals surface area contributed by atoms with Crippen LogP contribution in [0.1, 0.15) is 33.6 Å². The van der Waals surface area contributed by atoms with Gasteiger partial charge in [-0.25, -0.2) is 12.7 Å². The zero-order chi connectivity index (χ0) is 17.3. The smallest absolute Gasteiger partial charge is 0.225 e. The maximum Gasteiger partial charge on any atom is 0.225 e. The van der Waals surface area contributed by atoms with Crippen LogP contribution in [-0.4, -0.2) is 80.5 Å². The summed E-state index contributed by atoms with van der Waals surface area (Å²) in [6.45, 7) is 12.2. The maximum absolute atomic E-state index is 12.6. The highest BCUT2D eigenvalue weighted by Gasteiger charge is 2.33. The first-order valence-corrected chi connectivity index (χ1v) is 10.4. The number of carbonyl (C=O) groups excluding carboxylic acids is 1. The molecule has 2 saturated heterocycles. The Labute approximate surface area is 140 Å². The molecule has 134 valence electrons. The third-order valence-electron chi connectivity index (χ3n) is 4.65. The average molecular weight is 346 g/mol. The average Bonchev–Trinajstić information content (AvgIpc) is 2.45. The van der Waals surface area contributed by atoms with Gasteiger partial charge in [-0.3, -0.25) is 9.69 Å². The standard InChI is InChI=1S/C16H31N3O3S/c1-16(2,3)13-17-9-11-18(12-10-17)15(20)14-5-7-19(8-6-14)23(4,21)22/h14H,5-13H2,1-4H3. The first-order valence-electron chi connectivity index (χ1n) is 8.52.